The lowest BCUT2D eigenvalue weighted by atomic mass is 10.1. The second-order valence-corrected chi connectivity index (χ2v) is 4.97. The molecule has 4 heteroatoms. The maximum atomic E-state index is 5.97. The number of fused-ring (bicyclic) bond motifs is 1. The largest absolute Gasteiger partial charge is 0.369 e. The van der Waals surface area contributed by atoms with E-state index in [4.69, 9.17) is 11.5 Å². The van der Waals surface area contributed by atoms with Crippen LogP contribution in [0.15, 0.2) is 18.2 Å². The molecule has 0 spiro atoms. The Kier molecular flexibility index (Phi) is 2.39. The summed E-state index contributed by atoms with van der Waals surface area (Å²) in [6, 6.07) is 5.95. The van der Waals surface area contributed by atoms with Crippen molar-refractivity contribution in [3.63, 3.8) is 0 Å². The van der Waals surface area contributed by atoms with Crippen molar-refractivity contribution in [2.24, 2.45) is 5.73 Å². The highest BCUT2D eigenvalue weighted by Crippen LogP contribution is 2.28. The van der Waals surface area contributed by atoms with Gasteiger partial charge in [0.2, 0.25) is 5.95 Å². The molecule has 4 N–H and O–H groups in total. The van der Waals surface area contributed by atoms with Crippen molar-refractivity contribution in [2.45, 2.75) is 32.9 Å². The Hall–Kier alpha value is -1.55. The Morgan fingerprint density at radius 3 is 2.56 bits per heavy atom. The van der Waals surface area contributed by atoms with Gasteiger partial charge in [0.15, 0.2) is 0 Å². The molecule has 2 aromatic rings. The molecule has 86 valence electrons. The molecule has 0 saturated carbocycles. The fraction of sp³-hybridized carbons (Fsp3) is 0.417. The molecule has 0 amide bonds. The molecule has 1 heterocycles. The predicted octanol–water partition coefficient (Wildman–Crippen LogP) is 1.83. The molecule has 0 aliphatic heterocycles. The van der Waals surface area contributed by atoms with Crippen molar-refractivity contribution in [1.82, 2.24) is 9.55 Å². The number of para-hydroxylation sites is 1. The normalized spacial score (nSPS) is 12.2. The van der Waals surface area contributed by atoms with Gasteiger partial charge in [0.1, 0.15) is 0 Å². The van der Waals surface area contributed by atoms with E-state index in [1.165, 1.54) is 0 Å². The van der Waals surface area contributed by atoms with Gasteiger partial charge in [0.05, 0.1) is 11.0 Å². The van der Waals surface area contributed by atoms with Crippen LogP contribution in [0, 0.1) is 0 Å². The first-order valence-corrected chi connectivity index (χ1v) is 5.41. The lowest BCUT2D eigenvalue weighted by Crippen LogP contribution is -2.24. The first-order valence-electron chi connectivity index (χ1n) is 5.41. The minimum Gasteiger partial charge on any atom is -0.369 e. The number of nitrogens with zero attached hydrogens (tertiary/aromatic N) is 2. The first kappa shape index (κ1) is 11.0. The summed E-state index contributed by atoms with van der Waals surface area (Å²) in [7, 11) is 0. The number of rotatable bonds is 1. The molecule has 0 aliphatic rings. The summed E-state index contributed by atoms with van der Waals surface area (Å²) in [6.07, 6.45) is 0. The quantitative estimate of drug-likeness (QED) is 0.767. The molecule has 0 unspecified atom stereocenters. The third-order valence-electron chi connectivity index (χ3n) is 2.68. The van der Waals surface area contributed by atoms with E-state index in [0.29, 0.717) is 12.5 Å². The molecule has 1 aromatic carbocycles. The lowest BCUT2D eigenvalue weighted by molar-refractivity contribution is 0.414. The maximum absolute atomic E-state index is 5.97. The lowest BCUT2D eigenvalue weighted by Gasteiger charge is -2.24. The van der Waals surface area contributed by atoms with Crippen LogP contribution in [0.3, 0.4) is 0 Å². The summed E-state index contributed by atoms with van der Waals surface area (Å²) < 4.78 is 2.05. The number of nitrogen functional groups attached to an aromatic ring is 1. The van der Waals surface area contributed by atoms with Gasteiger partial charge in [-0.15, -0.1) is 0 Å². The van der Waals surface area contributed by atoms with Crippen molar-refractivity contribution in [1.29, 1.82) is 0 Å². The van der Waals surface area contributed by atoms with E-state index in [9.17, 15) is 0 Å². The van der Waals surface area contributed by atoms with E-state index in [2.05, 4.69) is 25.8 Å². The summed E-state index contributed by atoms with van der Waals surface area (Å²) in [5, 5.41) is 0. The molecule has 4 nitrogen and oxygen atoms in total. The topological polar surface area (TPSA) is 69.9 Å². The molecule has 0 atom stereocenters. The van der Waals surface area contributed by atoms with Gasteiger partial charge in [-0.25, -0.2) is 4.98 Å². The second-order valence-electron chi connectivity index (χ2n) is 4.97. The average Bonchev–Trinajstić information content (AvgIpc) is 2.52. The van der Waals surface area contributed by atoms with Crippen LogP contribution < -0.4 is 11.5 Å². The number of hydrogen-bond acceptors (Lipinski definition) is 3. The van der Waals surface area contributed by atoms with Crippen molar-refractivity contribution < 1.29 is 0 Å². The van der Waals surface area contributed by atoms with Crippen molar-refractivity contribution in [3.8, 4) is 0 Å². The van der Waals surface area contributed by atoms with Crippen LogP contribution in [0.1, 0.15) is 26.3 Å². The van der Waals surface area contributed by atoms with E-state index in [-0.39, 0.29) is 5.54 Å². The Balaban J connectivity index is 2.86. The second kappa shape index (κ2) is 3.49. The number of nitrogens with two attached hydrogens (primary N) is 2. The van der Waals surface area contributed by atoms with Crippen LogP contribution in [0.4, 0.5) is 5.95 Å². The van der Waals surface area contributed by atoms with Crippen LogP contribution in [-0.4, -0.2) is 9.55 Å². The molecule has 0 fully saturated rings. The molecular formula is C12H18N4. The zero-order chi connectivity index (χ0) is 11.9. The highest BCUT2D eigenvalue weighted by molar-refractivity contribution is 5.82. The molecular weight excluding hydrogens is 200 g/mol. The van der Waals surface area contributed by atoms with Gasteiger partial charge in [-0.3, -0.25) is 0 Å². The molecule has 0 saturated heterocycles. The zero-order valence-corrected chi connectivity index (χ0v) is 9.99. The van der Waals surface area contributed by atoms with Crippen LogP contribution in [0.5, 0.6) is 0 Å². The smallest absolute Gasteiger partial charge is 0.201 e. The Morgan fingerprint density at radius 2 is 2.00 bits per heavy atom. The van der Waals surface area contributed by atoms with Gasteiger partial charge in [-0.2, -0.15) is 0 Å². The highest BCUT2D eigenvalue weighted by Gasteiger charge is 2.21. The number of imidazole rings is 1. The number of anilines is 1. The number of benzene rings is 1. The maximum Gasteiger partial charge on any atom is 0.201 e. The van der Waals surface area contributed by atoms with E-state index >= 15 is 0 Å². The minimum absolute atomic E-state index is 0.0931. The summed E-state index contributed by atoms with van der Waals surface area (Å²) in [6.45, 7) is 6.83. The summed E-state index contributed by atoms with van der Waals surface area (Å²) in [5.41, 5.74) is 14.7. The molecule has 16 heavy (non-hydrogen) atoms. The van der Waals surface area contributed by atoms with E-state index < -0.39 is 0 Å². The summed E-state index contributed by atoms with van der Waals surface area (Å²) in [5.74, 6) is 0.545. The van der Waals surface area contributed by atoms with Gasteiger partial charge in [0.25, 0.3) is 0 Å². The molecule has 1 aromatic heterocycles. The minimum atomic E-state index is -0.0931. The van der Waals surface area contributed by atoms with E-state index in [1.54, 1.807) is 0 Å². The van der Waals surface area contributed by atoms with Crippen LogP contribution in [0.2, 0.25) is 0 Å². The Bertz CT molecular complexity index is 520. The van der Waals surface area contributed by atoms with Gasteiger partial charge in [-0.1, -0.05) is 12.1 Å². The zero-order valence-electron chi connectivity index (χ0n) is 9.99. The Labute approximate surface area is 95.3 Å². The van der Waals surface area contributed by atoms with Crippen molar-refractivity contribution >= 4 is 17.0 Å². The Morgan fingerprint density at radius 1 is 1.31 bits per heavy atom. The molecule has 2 rings (SSSR count). The predicted molar refractivity (Wildman–Crippen MR) is 67.0 cm³/mol. The number of aromatic nitrogens is 2. The fourth-order valence-electron chi connectivity index (χ4n) is 2.06. The first-order chi connectivity index (χ1) is 7.45. The van der Waals surface area contributed by atoms with Crippen LogP contribution in [0.25, 0.3) is 11.0 Å². The molecule has 0 radical (unpaired) electrons. The van der Waals surface area contributed by atoms with Gasteiger partial charge in [-0.05, 0) is 32.4 Å². The number of hydrogen-bond donors (Lipinski definition) is 2. The van der Waals surface area contributed by atoms with Crippen LogP contribution >= 0.6 is 0 Å². The van der Waals surface area contributed by atoms with Gasteiger partial charge in [0, 0.05) is 12.1 Å². The third-order valence-corrected chi connectivity index (χ3v) is 2.68. The van der Waals surface area contributed by atoms with Crippen molar-refractivity contribution in [3.05, 3.63) is 23.8 Å². The van der Waals surface area contributed by atoms with Gasteiger partial charge < -0.3 is 16.0 Å². The van der Waals surface area contributed by atoms with E-state index in [0.717, 1.165) is 16.6 Å². The molecule has 0 aliphatic carbocycles. The SMILES string of the molecule is CC(C)(C)n1c(N)nc2cccc(CN)c21. The summed E-state index contributed by atoms with van der Waals surface area (Å²) in [4.78, 5) is 4.37. The third kappa shape index (κ3) is 1.55. The van der Waals surface area contributed by atoms with E-state index in [1.807, 2.05) is 22.8 Å². The van der Waals surface area contributed by atoms with Crippen molar-refractivity contribution in [2.75, 3.05) is 5.73 Å². The molecule has 0 bridgehead atoms. The average molecular weight is 218 g/mol. The van der Waals surface area contributed by atoms with Gasteiger partial charge >= 0.3 is 0 Å². The highest BCUT2D eigenvalue weighted by atomic mass is 15.2. The summed E-state index contributed by atoms with van der Waals surface area (Å²) >= 11 is 0. The van der Waals surface area contributed by atoms with Crippen LogP contribution in [-0.2, 0) is 12.1 Å². The standard InChI is InChI=1S/C12H18N4/c1-12(2,3)16-10-8(7-13)5-4-6-9(10)15-11(16)14/h4-6H,7,13H2,1-3H3,(H2,14,15). The fourth-order valence-corrected chi connectivity index (χ4v) is 2.06. The monoisotopic (exact) mass is 218 g/mol.